The van der Waals surface area contributed by atoms with Gasteiger partial charge in [-0.3, -0.25) is 29.4 Å². The van der Waals surface area contributed by atoms with Crippen molar-refractivity contribution >= 4 is 23.4 Å². The van der Waals surface area contributed by atoms with Crippen LogP contribution in [0.5, 0.6) is 0 Å². The Morgan fingerprint density at radius 3 is 2.57 bits per heavy atom. The SMILES string of the molecule is CCC[C@@H](C)NC(=O)CN1C(=O)c2ccc([N+](=O)[O-])cc2C1=O. The van der Waals surface area contributed by atoms with Crippen LogP contribution in [-0.2, 0) is 4.79 Å². The number of benzene rings is 1. The molecule has 1 aliphatic heterocycles. The molecule has 0 fully saturated rings. The Morgan fingerprint density at radius 1 is 1.30 bits per heavy atom. The molecule has 1 aliphatic rings. The molecule has 1 atom stereocenters. The average molecular weight is 319 g/mol. The van der Waals surface area contributed by atoms with E-state index in [0.29, 0.717) is 0 Å². The van der Waals surface area contributed by atoms with E-state index in [2.05, 4.69) is 5.32 Å². The molecule has 1 N–H and O–H groups in total. The molecule has 1 aromatic rings. The normalized spacial score (nSPS) is 14.6. The summed E-state index contributed by atoms with van der Waals surface area (Å²) in [6, 6.07) is 3.42. The maximum absolute atomic E-state index is 12.2. The van der Waals surface area contributed by atoms with Crippen LogP contribution in [0, 0.1) is 10.1 Å². The van der Waals surface area contributed by atoms with Gasteiger partial charge in [0.1, 0.15) is 6.54 Å². The molecule has 0 radical (unpaired) electrons. The monoisotopic (exact) mass is 319 g/mol. The number of non-ortho nitro benzene ring substituents is 1. The highest BCUT2D eigenvalue weighted by molar-refractivity contribution is 6.22. The van der Waals surface area contributed by atoms with Crippen molar-refractivity contribution in [1.29, 1.82) is 0 Å². The van der Waals surface area contributed by atoms with Gasteiger partial charge in [0.15, 0.2) is 0 Å². The lowest BCUT2D eigenvalue weighted by atomic mass is 10.1. The molecule has 3 amide bonds. The average Bonchev–Trinajstić information content (AvgIpc) is 2.72. The Morgan fingerprint density at radius 2 is 1.96 bits per heavy atom. The standard InChI is InChI=1S/C15H17N3O5/c1-3-4-9(2)16-13(19)8-17-14(20)11-6-5-10(18(22)23)7-12(11)15(17)21/h5-7,9H,3-4,8H2,1-2H3,(H,16,19)/t9-/m1/s1. The molecule has 0 unspecified atom stereocenters. The fraction of sp³-hybridized carbons (Fsp3) is 0.400. The van der Waals surface area contributed by atoms with Crippen LogP contribution in [0.4, 0.5) is 5.69 Å². The first-order valence-electron chi connectivity index (χ1n) is 7.29. The number of hydrogen-bond acceptors (Lipinski definition) is 5. The van der Waals surface area contributed by atoms with Gasteiger partial charge in [-0.15, -0.1) is 0 Å². The molecule has 122 valence electrons. The lowest BCUT2D eigenvalue weighted by molar-refractivity contribution is -0.384. The molecule has 2 rings (SSSR count). The van der Waals surface area contributed by atoms with Crippen molar-refractivity contribution in [1.82, 2.24) is 10.2 Å². The van der Waals surface area contributed by atoms with Crippen LogP contribution in [0.2, 0.25) is 0 Å². The molecule has 0 spiro atoms. The van der Waals surface area contributed by atoms with E-state index in [1.807, 2.05) is 13.8 Å². The van der Waals surface area contributed by atoms with E-state index in [1.54, 1.807) is 0 Å². The van der Waals surface area contributed by atoms with Gasteiger partial charge in [-0.2, -0.15) is 0 Å². The second-order valence-corrected chi connectivity index (χ2v) is 5.44. The number of imide groups is 1. The van der Waals surface area contributed by atoms with E-state index in [9.17, 15) is 24.5 Å². The van der Waals surface area contributed by atoms with Crippen LogP contribution in [-0.4, -0.2) is 40.1 Å². The molecular formula is C15H17N3O5. The highest BCUT2D eigenvalue weighted by Gasteiger charge is 2.37. The minimum atomic E-state index is -0.688. The van der Waals surface area contributed by atoms with Gasteiger partial charge < -0.3 is 5.32 Å². The molecule has 1 aromatic carbocycles. The van der Waals surface area contributed by atoms with Gasteiger partial charge in [0, 0.05) is 18.2 Å². The van der Waals surface area contributed by atoms with Crippen molar-refractivity contribution in [3.8, 4) is 0 Å². The zero-order valence-corrected chi connectivity index (χ0v) is 12.9. The first kappa shape index (κ1) is 16.6. The number of fused-ring (bicyclic) bond motifs is 1. The first-order valence-corrected chi connectivity index (χ1v) is 7.29. The van der Waals surface area contributed by atoms with Crippen LogP contribution in [0.3, 0.4) is 0 Å². The number of nitro benzene ring substituents is 1. The summed E-state index contributed by atoms with van der Waals surface area (Å²) in [5.41, 5.74) is -0.235. The Bertz CT molecular complexity index is 686. The first-order chi connectivity index (χ1) is 10.8. The lowest BCUT2D eigenvalue weighted by Gasteiger charge is -2.17. The summed E-state index contributed by atoms with van der Waals surface area (Å²) in [6.07, 6.45) is 1.69. The summed E-state index contributed by atoms with van der Waals surface area (Å²) in [7, 11) is 0. The van der Waals surface area contributed by atoms with Crippen molar-refractivity contribution in [3.63, 3.8) is 0 Å². The number of hydrogen-bond donors (Lipinski definition) is 1. The maximum Gasteiger partial charge on any atom is 0.270 e. The van der Waals surface area contributed by atoms with Crippen molar-refractivity contribution < 1.29 is 19.3 Å². The molecule has 1 heterocycles. The fourth-order valence-electron chi connectivity index (χ4n) is 2.51. The van der Waals surface area contributed by atoms with Crippen LogP contribution in [0.15, 0.2) is 18.2 Å². The molecule has 0 aromatic heterocycles. The number of nitro groups is 1. The predicted molar refractivity (Wildman–Crippen MR) is 81.0 cm³/mol. The van der Waals surface area contributed by atoms with Crippen molar-refractivity contribution in [2.45, 2.75) is 32.7 Å². The second kappa shape index (κ2) is 6.55. The third kappa shape index (κ3) is 3.36. The number of amides is 3. The predicted octanol–water partition coefficient (Wildman–Crippen LogP) is 1.50. The van der Waals surface area contributed by atoms with E-state index >= 15 is 0 Å². The maximum atomic E-state index is 12.2. The summed E-state index contributed by atoms with van der Waals surface area (Å²) in [5.74, 6) is -1.74. The molecule has 0 bridgehead atoms. The van der Waals surface area contributed by atoms with Gasteiger partial charge in [-0.1, -0.05) is 13.3 Å². The van der Waals surface area contributed by atoms with Gasteiger partial charge in [0.25, 0.3) is 17.5 Å². The number of carbonyl (C=O) groups is 3. The third-order valence-electron chi connectivity index (χ3n) is 3.60. The fourth-order valence-corrected chi connectivity index (χ4v) is 2.51. The van der Waals surface area contributed by atoms with Crippen LogP contribution in [0.1, 0.15) is 47.4 Å². The molecule has 0 saturated heterocycles. The summed E-state index contributed by atoms with van der Waals surface area (Å²) >= 11 is 0. The summed E-state index contributed by atoms with van der Waals surface area (Å²) in [6.45, 7) is 3.43. The van der Waals surface area contributed by atoms with E-state index < -0.39 is 29.2 Å². The lowest BCUT2D eigenvalue weighted by Crippen LogP contribution is -2.43. The molecule has 23 heavy (non-hydrogen) atoms. The number of nitrogens with zero attached hydrogens (tertiary/aromatic N) is 2. The summed E-state index contributed by atoms with van der Waals surface area (Å²) in [4.78, 5) is 47.3. The van der Waals surface area contributed by atoms with Crippen LogP contribution >= 0.6 is 0 Å². The van der Waals surface area contributed by atoms with E-state index in [1.165, 1.54) is 6.07 Å². The minimum Gasteiger partial charge on any atom is -0.352 e. The Hall–Kier alpha value is -2.77. The van der Waals surface area contributed by atoms with Gasteiger partial charge in [0.2, 0.25) is 5.91 Å². The van der Waals surface area contributed by atoms with Gasteiger partial charge in [-0.25, -0.2) is 0 Å². The quantitative estimate of drug-likeness (QED) is 0.485. The van der Waals surface area contributed by atoms with Gasteiger partial charge in [0.05, 0.1) is 16.1 Å². The topological polar surface area (TPSA) is 110 Å². The molecule has 0 saturated carbocycles. The number of rotatable bonds is 6. The summed E-state index contributed by atoms with van der Waals surface area (Å²) < 4.78 is 0. The zero-order valence-electron chi connectivity index (χ0n) is 12.9. The second-order valence-electron chi connectivity index (χ2n) is 5.44. The Kier molecular flexibility index (Phi) is 4.73. The van der Waals surface area contributed by atoms with Crippen LogP contribution < -0.4 is 5.32 Å². The van der Waals surface area contributed by atoms with Crippen LogP contribution in [0.25, 0.3) is 0 Å². The van der Waals surface area contributed by atoms with E-state index in [-0.39, 0.29) is 22.9 Å². The van der Waals surface area contributed by atoms with Crippen molar-refractivity contribution in [2.24, 2.45) is 0 Å². The number of nitrogens with one attached hydrogen (secondary N) is 1. The molecule has 0 aliphatic carbocycles. The zero-order chi connectivity index (χ0) is 17.1. The van der Waals surface area contributed by atoms with Gasteiger partial charge >= 0.3 is 0 Å². The van der Waals surface area contributed by atoms with Crippen molar-refractivity contribution in [3.05, 3.63) is 39.4 Å². The van der Waals surface area contributed by atoms with E-state index in [0.717, 1.165) is 29.9 Å². The molecular weight excluding hydrogens is 302 g/mol. The molecule has 8 heteroatoms. The number of carbonyl (C=O) groups excluding carboxylic acids is 3. The molecule has 8 nitrogen and oxygen atoms in total. The Balaban J connectivity index is 2.14. The smallest absolute Gasteiger partial charge is 0.270 e. The largest absolute Gasteiger partial charge is 0.352 e. The highest BCUT2D eigenvalue weighted by atomic mass is 16.6. The van der Waals surface area contributed by atoms with E-state index in [4.69, 9.17) is 0 Å². The van der Waals surface area contributed by atoms with Crippen molar-refractivity contribution in [2.75, 3.05) is 6.54 Å². The Labute approximate surface area is 132 Å². The van der Waals surface area contributed by atoms with Gasteiger partial charge in [-0.05, 0) is 19.4 Å². The summed E-state index contributed by atoms with van der Waals surface area (Å²) in [5, 5.41) is 13.5. The third-order valence-corrected chi connectivity index (χ3v) is 3.60. The minimum absolute atomic E-state index is 0.0430. The highest BCUT2D eigenvalue weighted by Crippen LogP contribution is 2.26.